The molecule has 0 aliphatic rings. The number of carbonyl (C=O) groups is 2. The van der Waals surface area contributed by atoms with Gasteiger partial charge in [-0.1, -0.05) is 58.2 Å². The fourth-order valence-electron chi connectivity index (χ4n) is 3.73. The molecular weight excluding hydrogens is 416 g/mol. The third kappa shape index (κ3) is 12.3. The first kappa shape index (κ1) is 28.5. The van der Waals surface area contributed by atoms with Crippen molar-refractivity contribution in [3.05, 3.63) is 48.1 Å². The van der Waals surface area contributed by atoms with Crippen molar-refractivity contribution in [3.8, 4) is 5.75 Å². The van der Waals surface area contributed by atoms with Crippen LogP contribution in [0.1, 0.15) is 84.1 Å². The number of benzene rings is 1. The maximum absolute atomic E-state index is 12.0. The van der Waals surface area contributed by atoms with Crippen LogP contribution in [0.3, 0.4) is 0 Å². The van der Waals surface area contributed by atoms with Gasteiger partial charge in [0.1, 0.15) is 11.9 Å². The molecule has 0 aromatic heterocycles. The fourth-order valence-corrected chi connectivity index (χ4v) is 3.73. The summed E-state index contributed by atoms with van der Waals surface area (Å²) in [6, 6.07) is 7.63. The van der Waals surface area contributed by atoms with Gasteiger partial charge in [-0.2, -0.15) is 0 Å². The van der Waals surface area contributed by atoms with Crippen molar-refractivity contribution >= 4 is 18.0 Å². The predicted octanol–water partition coefficient (Wildman–Crippen LogP) is 6.91. The minimum atomic E-state index is -0.370. The van der Waals surface area contributed by atoms with Crippen LogP contribution in [-0.2, 0) is 19.1 Å². The zero-order valence-electron chi connectivity index (χ0n) is 20.9. The monoisotopic (exact) mass is 458 g/mol. The molecule has 1 rings (SSSR count). The molecule has 1 aromatic rings. The minimum absolute atomic E-state index is 0.00656. The van der Waals surface area contributed by atoms with Crippen molar-refractivity contribution in [1.82, 2.24) is 0 Å². The standard InChI is InChI=1S/C28H42O5/c1-6-13-24(7-2)26(33-28(30)22(3)4)14-11-9-8-10-12-21-32-25-18-15-23(16-19-25)17-20-27(29)31-5/h15-20,24,26H,3,6-14,21H2,1-2,4-5H3/b20-17+. The lowest BCUT2D eigenvalue weighted by Gasteiger charge is -2.26. The smallest absolute Gasteiger partial charge is 0.333 e. The van der Waals surface area contributed by atoms with Gasteiger partial charge in [0.05, 0.1) is 13.7 Å². The van der Waals surface area contributed by atoms with E-state index in [-0.39, 0.29) is 18.0 Å². The van der Waals surface area contributed by atoms with Gasteiger partial charge in [-0.3, -0.25) is 0 Å². The van der Waals surface area contributed by atoms with Gasteiger partial charge in [0.2, 0.25) is 0 Å². The van der Waals surface area contributed by atoms with Crippen molar-refractivity contribution in [3.63, 3.8) is 0 Å². The second-order valence-electron chi connectivity index (χ2n) is 8.51. The van der Waals surface area contributed by atoms with Gasteiger partial charge >= 0.3 is 11.9 Å². The lowest BCUT2D eigenvalue weighted by Crippen LogP contribution is -2.27. The molecule has 0 radical (unpaired) electrons. The van der Waals surface area contributed by atoms with Crippen LogP contribution in [0.5, 0.6) is 5.75 Å². The third-order valence-corrected chi connectivity index (χ3v) is 5.71. The molecule has 0 saturated heterocycles. The normalized spacial score (nSPS) is 12.8. The first-order chi connectivity index (χ1) is 15.9. The van der Waals surface area contributed by atoms with Crippen molar-refractivity contribution in [2.24, 2.45) is 5.92 Å². The Morgan fingerprint density at radius 1 is 1.00 bits per heavy atom. The number of rotatable bonds is 17. The van der Waals surface area contributed by atoms with Gasteiger partial charge in [0.25, 0.3) is 0 Å². The van der Waals surface area contributed by atoms with E-state index in [1.165, 1.54) is 13.2 Å². The Hall–Kier alpha value is -2.56. The number of esters is 2. The molecule has 33 heavy (non-hydrogen) atoms. The lowest BCUT2D eigenvalue weighted by atomic mass is 9.90. The van der Waals surface area contributed by atoms with Gasteiger partial charge < -0.3 is 14.2 Å². The van der Waals surface area contributed by atoms with Gasteiger partial charge in [0, 0.05) is 11.6 Å². The molecule has 5 nitrogen and oxygen atoms in total. The average molecular weight is 459 g/mol. The van der Waals surface area contributed by atoms with E-state index in [9.17, 15) is 9.59 Å². The molecule has 0 aliphatic carbocycles. The Morgan fingerprint density at radius 3 is 2.27 bits per heavy atom. The fraction of sp³-hybridized carbons (Fsp3) is 0.571. The van der Waals surface area contributed by atoms with Gasteiger partial charge in [-0.05, 0) is 68.7 Å². The Kier molecular flexibility index (Phi) is 14.7. The summed E-state index contributed by atoms with van der Waals surface area (Å²) in [5.41, 5.74) is 1.39. The molecule has 0 amide bonds. The second kappa shape index (κ2) is 17.0. The van der Waals surface area contributed by atoms with E-state index in [1.807, 2.05) is 24.3 Å². The summed E-state index contributed by atoms with van der Waals surface area (Å²) < 4.78 is 16.2. The molecule has 0 bridgehead atoms. The summed E-state index contributed by atoms with van der Waals surface area (Å²) in [6.07, 6.45) is 12.7. The third-order valence-electron chi connectivity index (χ3n) is 5.71. The number of hydrogen-bond acceptors (Lipinski definition) is 5. The second-order valence-corrected chi connectivity index (χ2v) is 8.51. The van der Waals surface area contributed by atoms with E-state index >= 15 is 0 Å². The Bertz CT molecular complexity index is 735. The van der Waals surface area contributed by atoms with Crippen LogP contribution >= 0.6 is 0 Å². The first-order valence-electron chi connectivity index (χ1n) is 12.3. The van der Waals surface area contributed by atoms with Crippen LogP contribution in [0.4, 0.5) is 0 Å². The van der Waals surface area contributed by atoms with Crippen LogP contribution in [-0.4, -0.2) is 31.8 Å². The van der Waals surface area contributed by atoms with Crippen molar-refractivity contribution < 1.29 is 23.8 Å². The van der Waals surface area contributed by atoms with Gasteiger partial charge in [-0.15, -0.1) is 0 Å². The lowest BCUT2D eigenvalue weighted by molar-refractivity contribution is -0.147. The first-order valence-corrected chi connectivity index (χ1v) is 12.3. The van der Waals surface area contributed by atoms with E-state index in [1.54, 1.807) is 13.0 Å². The molecule has 2 atom stereocenters. The molecule has 0 spiro atoms. The zero-order chi connectivity index (χ0) is 24.5. The molecule has 0 saturated carbocycles. The quantitative estimate of drug-likeness (QED) is 0.144. The highest BCUT2D eigenvalue weighted by molar-refractivity contribution is 5.87. The van der Waals surface area contributed by atoms with Crippen molar-refractivity contribution in [2.75, 3.05) is 13.7 Å². The molecule has 0 fully saturated rings. The number of hydrogen-bond donors (Lipinski definition) is 0. The van der Waals surface area contributed by atoms with E-state index in [0.717, 1.165) is 69.1 Å². The van der Waals surface area contributed by atoms with Gasteiger partial charge in [0.15, 0.2) is 0 Å². The van der Waals surface area contributed by atoms with Crippen LogP contribution in [0.2, 0.25) is 0 Å². The van der Waals surface area contributed by atoms with Crippen LogP contribution in [0.25, 0.3) is 6.08 Å². The molecule has 0 heterocycles. The number of unbranched alkanes of at least 4 members (excludes halogenated alkanes) is 4. The summed E-state index contributed by atoms with van der Waals surface area (Å²) >= 11 is 0. The van der Waals surface area contributed by atoms with E-state index < -0.39 is 0 Å². The molecule has 0 aliphatic heterocycles. The van der Waals surface area contributed by atoms with Crippen LogP contribution in [0, 0.1) is 5.92 Å². The van der Waals surface area contributed by atoms with E-state index in [2.05, 4.69) is 25.2 Å². The highest BCUT2D eigenvalue weighted by Crippen LogP contribution is 2.24. The Morgan fingerprint density at radius 2 is 1.67 bits per heavy atom. The highest BCUT2D eigenvalue weighted by Gasteiger charge is 2.23. The number of methoxy groups -OCH3 is 1. The summed E-state index contributed by atoms with van der Waals surface area (Å²) in [4.78, 5) is 23.2. The van der Waals surface area contributed by atoms with E-state index in [4.69, 9.17) is 9.47 Å². The molecular formula is C28H42O5. The summed E-state index contributed by atoms with van der Waals surface area (Å²) in [5, 5.41) is 0. The SMILES string of the molecule is C=C(C)C(=O)OC(CCCCCCCOc1ccc(/C=C/C(=O)OC)cc1)C(CC)CCC. The van der Waals surface area contributed by atoms with E-state index in [0.29, 0.717) is 18.1 Å². The predicted molar refractivity (Wildman–Crippen MR) is 134 cm³/mol. The van der Waals surface area contributed by atoms with Crippen LogP contribution < -0.4 is 4.74 Å². The maximum Gasteiger partial charge on any atom is 0.333 e. The van der Waals surface area contributed by atoms with Gasteiger partial charge in [-0.25, -0.2) is 9.59 Å². The average Bonchev–Trinajstić information content (AvgIpc) is 2.82. The molecule has 2 unspecified atom stereocenters. The summed E-state index contributed by atoms with van der Waals surface area (Å²) in [7, 11) is 1.36. The molecule has 1 aromatic carbocycles. The number of carbonyl (C=O) groups excluding carboxylic acids is 2. The molecule has 184 valence electrons. The Balaban J connectivity index is 2.27. The zero-order valence-corrected chi connectivity index (χ0v) is 20.9. The van der Waals surface area contributed by atoms with Crippen molar-refractivity contribution in [2.45, 2.75) is 84.7 Å². The largest absolute Gasteiger partial charge is 0.494 e. The topological polar surface area (TPSA) is 61.8 Å². The highest BCUT2D eigenvalue weighted by atomic mass is 16.5. The Labute approximate surface area is 200 Å². The van der Waals surface area contributed by atoms with Crippen molar-refractivity contribution in [1.29, 1.82) is 0 Å². The molecule has 0 N–H and O–H groups in total. The minimum Gasteiger partial charge on any atom is -0.494 e. The summed E-state index contributed by atoms with van der Waals surface area (Å²) in [6.45, 7) is 10.5. The van der Waals surface area contributed by atoms with Crippen LogP contribution in [0.15, 0.2) is 42.5 Å². The number of ether oxygens (including phenoxy) is 3. The molecule has 5 heteroatoms. The summed E-state index contributed by atoms with van der Waals surface area (Å²) in [5.74, 6) is 0.618. The maximum atomic E-state index is 12.0.